The molecule has 0 unspecified atom stereocenters. The molecule has 116 valence electrons. The standard InChI is InChI=1S/C16H22BrNO3/c1-11-4-2-3-5-14(11)18-16(20)10-21-15-7-6-13(17)8-12(15)9-19/h6-8,11,14,19H,2-5,9-10H2,1H3,(H,18,20)/t11-,14+/m1/s1. The van der Waals surface area contributed by atoms with Crippen LogP contribution >= 0.6 is 15.9 Å². The van der Waals surface area contributed by atoms with Crippen LogP contribution < -0.4 is 10.1 Å². The number of aliphatic hydroxyl groups is 1. The highest BCUT2D eigenvalue weighted by molar-refractivity contribution is 9.10. The van der Waals surface area contributed by atoms with Gasteiger partial charge in [0.1, 0.15) is 5.75 Å². The zero-order valence-corrected chi connectivity index (χ0v) is 13.9. The van der Waals surface area contributed by atoms with Gasteiger partial charge in [-0.1, -0.05) is 35.7 Å². The molecule has 0 heterocycles. The summed E-state index contributed by atoms with van der Waals surface area (Å²) < 4.78 is 6.40. The van der Waals surface area contributed by atoms with Crippen molar-refractivity contribution in [1.82, 2.24) is 5.32 Å². The van der Waals surface area contributed by atoms with Crippen LogP contribution in [-0.2, 0) is 11.4 Å². The topological polar surface area (TPSA) is 58.6 Å². The number of carbonyl (C=O) groups excluding carboxylic acids is 1. The number of hydrogen-bond donors (Lipinski definition) is 2. The Kier molecular flexibility index (Phi) is 6.06. The normalized spacial score (nSPS) is 21.9. The Morgan fingerprint density at radius 3 is 2.90 bits per heavy atom. The SMILES string of the molecule is C[C@@H]1CCCC[C@@H]1NC(=O)COc1ccc(Br)cc1CO. The van der Waals surface area contributed by atoms with Crippen LogP contribution in [0.5, 0.6) is 5.75 Å². The molecule has 0 radical (unpaired) electrons. The van der Waals surface area contributed by atoms with Crippen LogP contribution in [0.1, 0.15) is 38.2 Å². The minimum absolute atomic E-state index is 0.0160. The van der Waals surface area contributed by atoms with E-state index >= 15 is 0 Å². The van der Waals surface area contributed by atoms with Crippen LogP contribution in [0.25, 0.3) is 0 Å². The van der Waals surface area contributed by atoms with Gasteiger partial charge in [-0.3, -0.25) is 4.79 Å². The van der Waals surface area contributed by atoms with Crippen molar-refractivity contribution >= 4 is 21.8 Å². The predicted molar refractivity (Wildman–Crippen MR) is 85.1 cm³/mol. The van der Waals surface area contributed by atoms with E-state index in [1.165, 1.54) is 19.3 Å². The monoisotopic (exact) mass is 355 g/mol. The van der Waals surface area contributed by atoms with Crippen molar-refractivity contribution in [2.75, 3.05) is 6.61 Å². The Morgan fingerprint density at radius 1 is 1.43 bits per heavy atom. The van der Waals surface area contributed by atoms with E-state index in [9.17, 15) is 9.90 Å². The number of rotatable bonds is 5. The minimum Gasteiger partial charge on any atom is -0.483 e. The summed E-state index contributed by atoms with van der Waals surface area (Å²) in [6, 6.07) is 5.63. The molecule has 0 aliphatic heterocycles. The van der Waals surface area contributed by atoms with Gasteiger partial charge in [-0.2, -0.15) is 0 Å². The second-order valence-corrected chi connectivity index (χ2v) is 6.55. The maximum absolute atomic E-state index is 12.0. The van der Waals surface area contributed by atoms with Crippen molar-refractivity contribution in [3.63, 3.8) is 0 Å². The van der Waals surface area contributed by atoms with Gasteiger partial charge in [0.05, 0.1) is 6.61 Å². The van der Waals surface area contributed by atoms with E-state index < -0.39 is 0 Å². The summed E-state index contributed by atoms with van der Waals surface area (Å²) in [7, 11) is 0. The van der Waals surface area contributed by atoms with Gasteiger partial charge in [-0.25, -0.2) is 0 Å². The summed E-state index contributed by atoms with van der Waals surface area (Å²) in [6.07, 6.45) is 4.65. The van der Waals surface area contributed by atoms with Gasteiger partial charge in [-0.05, 0) is 37.0 Å². The maximum Gasteiger partial charge on any atom is 0.258 e. The molecule has 1 aromatic carbocycles. The van der Waals surface area contributed by atoms with Crippen LogP contribution in [0.2, 0.25) is 0 Å². The first kappa shape index (κ1) is 16.3. The first-order chi connectivity index (χ1) is 10.1. The molecule has 2 atom stereocenters. The molecule has 1 aliphatic rings. The van der Waals surface area contributed by atoms with Crippen molar-refractivity contribution in [2.45, 2.75) is 45.3 Å². The molecule has 5 heteroatoms. The molecule has 1 amide bonds. The number of benzene rings is 1. The summed E-state index contributed by atoms with van der Waals surface area (Å²) >= 11 is 3.34. The Bertz CT molecular complexity index is 492. The van der Waals surface area contributed by atoms with E-state index in [0.29, 0.717) is 17.2 Å². The van der Waals surface area contributed by atoms with E-state index in [4.69, 9.17) is 4.74 Å². The summed E-state index contributed by atoms with van der Waals surface area (Å²) in [5.74, 6) is 0.983. The highest BCUT2D eigenvalue weighted by Gasteiger charge is 2.22. The molecule has 0 bridgehead atoms. The smallest absolute Gasteiger partial charge is 0.258 e. The number of amides is 1. The molecule has 0 spiro atoms. The first-order valence-corrected chi connectivity index (χ1v) is 8.21. The number of halogens is 1. The van der Waals surface area contributed by atoms with Gasteiger partial charge in [0.25, 0.3) is 5.91 Å². The lowest BCUT2D eigenvalue weighted by molar-refractivity contribution is -0.124. The fraction of sp³-hybridized carbons (Fsp3) is 0.562. The molecule has 21 heavy (non-hydrogen) atoms. The molecular weight excluding hydrogens is 334 g/mol. The van der Waals surface area contributed by atoms with E-state index in [1.54, 1.807) is 12.1 Å². The average Bonchev–Trinajstić information content (AvgIpc) is 2.48. The lowest BCUT2D eigenvalue weighted by Gasteiger charge is -2.29. The molecule has 1 aliphatic carbocycles. The average molecular weight is 356 g/mol. The number of ether oxygens (including phenoxy) is 1. The first-order valence-electron chi connectivity index (χ1n) is 7.41. The lowest BCUT2D eigenvalue weighted by atomic mass is 9.86. The van der Waals surface area contributed by atoms with Crippen LogP contribution in [0, 0.1) is 5.92 Å². The molecule has 0 saturated heterocycles. The van der Waals surface area contributed by atoms with Crippen molar-refractivity contribution in [1.29, 1.82) is 0 Å². The third-order valence-electron chi connectivity index (χ3n) is 4.01. The fourth-order valence-corrected chi connectivity index (χ4v) is 3.14. The van der Waals surface area contributed by atoms with Gasteiger partial charge in [-0.15, -0.1) is 0 Å². The van der Waals surface area contributed by atoms with Gasteiger partial charge < -0.3 is 15.2 Å². The molecular formula is C16H22BrNO3. The Morgan fingerprint density at radius 2 is 2.19 bits per heavy atom. The van der Waals surface area contributed by atoms with E-state index in [1.807, 2.05) is 6.07 Å². The quantitative estimate of drug-likeness (QED) is 0.853. The van der Waals surface area contributed by atoms with Crippen molar-refractivity contribution in [2.24, 2.45) is 5.92 Å². The summed E-state index contributed by atoms with van der Waals surface area (Å²) in [5, 5.41) is 12.4. The van der Waals surface area contributed by atoms with Gasteiger partial charge in [0.2, 0.25) is 0 Å². The molecule has 1 aromatic rings. The molecule has 0 aromatic heterocycles. The zero-order valence-electron chi connectivity index (χ0n) is 12.3. The summed E-state index contributed by atoms with van der Waals surface area (Å²) in [4.78, 5) is 12.0. The summed E-state index contributed by atoms with van der Waals surface area (Å²) in [6.45, 7) is 2.05. The number of aliphatic hydroxyl groups excluding tert-OH is 1. The molecule has 1 saturated carbocycles. The van der Waals surface area contributed by atoms with Crippen molar-refractivity contribution < 1.29 is 14.6 Å². The number of nitrogens with one attached hydrogen (secondary N) is 1. The third-order valence-corrected chi connectivity index (χ3v) is 4.50. The molecule has 2 N–H and O–H groups in total. The molecule has 2 rings (SSSR count). The number of carbonyl (C=O) groups is 1. The van der Waals surface area contributed by atoms with Crippen molar-refractivity contribution in [3.05, 3.63) is 28.2 Å². The third kappa shape index (κ3) is 4.71. The van der Waals surface area contributed by atoms with Crippen LogP contribution in [0.15, 0.2) is 22.7 Å². The zero-order chi connectivity index (χ0) is 15.2. The van der Waals surface area contributed by atoms with Crippen LogP contribution in [0.3, 0.4) is 0 Å². The van der Waals surface area contributed by atoms with Gasteiger partial charge in [0, 0.05) is 16.1 Å². The molecule has 4 nitrogen and oxygen atoms in total. The lowest BCUT2D eigenvalue weighted by Crippen LogP contribution is -2.43. The second kappa shape index (κ2) is 7.80. The Labute approximate surface area is 134 Å². The predicted octanol–water partition coefficient (Wildman–Crippen LogP) is 3.02. The van der Waals surface area contributed by atoms with Gasteiger partial charge in [0.15, 0.2) is 6.61 Å². The summed E-state index contributed by atoms with van der Waals surface area (Å²) in [5.41, 5.74) is 0.670. The highest BCUT2D eigenvalue weighted by atomic mass is 79.9. The van der Waals surface area contributed by atoms with E-state index in [0.717, 1.165) is 10.9 Å². The molecule has 1 fully saturated rings. The number of hydrogen-bond acceptors (Lipinski definition) is 3. The Balaban J connectivity index is 1.86. The van der Waals surface area contributed by atoms with Crippen LogP contribution in [0.4, 0.5) is 0 Å². The fourth-order valence-electron chi connectivity index (χ4n) is 2.73. The van der Waals surface area contributed by atoms with Crippen molar-refractivity contribution in [3.8, 4) is 5.75 Å². The van der Waals surface area contributed by atoms with Crippen LogP contribution in [-0.4, -0.2) is 23.7 Å². The van der Waals surface area contributed by atoms with Gasteiger partial charge >= 0.3 is 0 Å². The Hall–Kier alpha value is -1.07. The minimum atomic E-state index is -0.115. The maximum atomic E-state index is 12.0. The highest BCUT2D eigenvalue weighted by Crippen LogP contribution is 2.24. The largest absolute Gasteiger partial charge is 0.483 e. The second-order valence-electron chi connectivity index (χ2n) is 5.63. The van der Waals surface area contributed by atoms with E-state index in [-0.39, 0.29) is 25.2 Å². The van der Waals surface area contributed by atoms with E-state index in [2.05, 4.69) is 28.2 Å².